The molecule has 0 saturated carbocycles. The average Bonchev–Trinajstić information content (AvgIpc) is 2.79. The van der Waals surface area contributed by atoms with Crippen LogP contribution in [-0.4, -0.2) is 27.5 Å². The van der Waals surface area contributed by atoms with Gasteiger partial charge in [0.2, 0.25) is 5.91 Å². The van der Waals surface area contributed by atoms with Gasteiger partial charge in [0.1, 0.15) is 12.3 Å². The van der Waals surface area contributed by atoms with E-state index in [4.69, 9.17) is 4.74 Å². The van der Waals surface area contributed by atoms with Gasteiger partial charge in [-0.05, 0) is 62.7 Å². The number of anilines is 1. The maximum atomic E-state index is 13.4. The average molecular weight is 453 g/mol. The normalized spacial score (nSPS) is 12.1. The van der Waals surface area contributed by atoms with Crippen LogP contribution in [0.1, 0.15) is 31.0 Å². The topological polar surface area (TPSA) is 75.7 Å². The number of hydrogen-bond donors (Lipinski definition) is 1. The zero-order valence-corrected chi connectivity index (χ0v) is 19.3. The Labute approximate surface area is 189 Å². The smallest absolute Gasteiger partial charge is 0.264 e. The number of rotatable bonds is 9. The second kappa shape index (κ2) is 10.3. The number of sulfonamides is 1. The molecule has 0 radical (unpaired) electrons. The molecule has 0 aliphatic rings. The summed E-state index contributed by atoms with van der Waals surface area (Å²) in [7, 11) is -3.92. The lowest BCUT2D eigenvalue weighted by Gasteiger charge is -2.25. The molecule has 0 aliphatic heterocycles. The van der Waals surface area contributed by atoms with Gasteiger partial charge in [-0.25, -0.2) is 8.42 Å². The number of hydrogen-bond acceptors (Lipinski definition) is 4. The molecule has 1 N–H and O–H groups in total. The monoisotopic (exact) mass is 452 g/mol. The quantitative estimate of drug-likeness (QED) is 0.520. The Balaban J connectivity index is 1.80. The first-order valence-electron chi connectivity index (χ1n) is 10.5. The van der Waals surface area contributed by atoms with E-state index in [-0.39, 0.29) is 17.5 Å². The first-order chi connectivity index (χ1) is 15.3. The largest absolute Gasteiger partial charge is 0.494 e. The second-order valence-corrected chi connectivity index (χ2v) is 9.31. The fourth-order valence-corrected chi connectivity index (χ4v) is 4.69. The maximum absolute atomic E-state index is 13.4. The van der Waals surface area contributed by atoms with Gasteiger partial charge in [-0.15, -0.1) is 0 Å². The van der Waals surface area contributed by atoms with Crippen molar-refractivity contribution in [2.45, 2.75) is 31.7 Å². The lowest BCUT2D eigenvalue weighted by Crippen LogP contribution is -2.41. The van der Waals surface area contributed by atoms with E-state index in [0.29, 0.717) is 12.3 Å². The van der Waals surface area contributed by atoms with Crippen molar-refractivity contribution in [3.63, 3.8) is 0 Å². The second-order valence-electron chi connectivity index (χ2n) is 7.45. The molecule has 0 saturated heterocycles. The standard InChI is InChI=1S/C25H28N2O4S/c1-4-31-23-14-12-21(13-15-23)20(3)26-25(28)18-27(22-8-6-5-7-9-22)32(29,30)24-16-10-19(2)11-17-24/h5-17,20H,4,18H2,1-3H3,(H,26,28)/t20-/m0/s1. The van der Waals surface area contributed by atoms with E-state index in [2.05, 4.69) is 5.32 Å². The van der Waals surface area contributed by atoms with Crippen LogP contribution in [0.15, 0.2) is 83.8 Å². The lowest BCUT2D eigenvalue weighted by molar-refractivity contribution is -0.120. The number of aryl methyl sites for hydroxylation is 1. The first kappa shape index (κ1) is 23.3. The molecule has 32 heavy (non-hydrogen) atoms. The van der Waals surface area contributed by atoms with Crippen molar-refractivity contribution in [3.05, 3.63) is 90.0 Å². The van der Waals surface area contributed by atoms with Gasteiger partial charge in [0, 0.05) is 0 Å². The van der Waals surface area contributed by atoms with Crippen molar-refractivity contribution in [1.82, 2.24) is 5.32 Å². The number of carbonyl (C=O) groups excluding carboxylic acids is 1. The molecule has 0 fully saturated rings. The summed E-state index contributed by atoms with van der Waals surface area (Å²) in [5.41, 5.74) is 2.28. The van der Waals surface area contributed by atoms with Gasteiger partial charge in [0.25, 0.3) is 10.0 Å². The van der Waals surface area contributed by atoms with Crippen LogP contribution in [0.25, 0.3) is 0 Å². The Morgan fingerprint density at radius 1 is 0.969 bits per heavy atom. The van der Waals surface area contributed by atoms with Gasteiger partial charge < -0.3 is 10.1 Å². The van der Waals surface area contributed by atoms with E-state index in [1.165, 1.54) is 0 Å². The minimum absolute atomic E-state index is 0.138. The van der Waals surface area contributed by atoms with Gasteiger partial charge in [-0.3, -0.25) is 9.10 Å². The van der Waals surface area contributed by atoms with Crippen LogP contribution < -0.4 is 14.4 Å². The predicted octanol–water partition coefficient (Wildman–Crippen LogP) is 4.47. The number of nitrogens with zero attached hydrogens (tertiary/aromatic N) is 1. The fraction of sp³-hybridized carbons (Fsp3) is 0.240. The van der Waals surface area contributed by atoms with Gasteiger partial charge in [-0.1, -0.05) is 48.0 Å². The fourth-order valence-electron chi connectivity index (χ4n) is 3.27. The number of ether oxygens (including phenoxy) is 1. The van der Waals surface area contributed by atoms with Crippen molar-refractivity contribution < 1.29 is 17.9 Å². The third-order valence-corrected chi connectivity index (χ3v) is 6.80. The molecule has 0 spiro atoms. The molecular weight excluding hydrogens is 424 g/mol. The molecule has 1 amide bonds. The molecule has 0 heterocycles. The minimum atomic E-state index is -3.92. The highest BCUT2D eigenvalue weighted by molar-refractivity contribution is 7.92. The maximum Gasteiger partial charge on any atom is 0.264 e. The summed E-state index contributed by atoms with van der Waals surface area (Å²) in [6.45, 7) is 5.91. The van der Waals surface area contributed by atoms with E-state index in [1.807, 2.05) is 45.0 Å². The summed E-state index contributed by atoms with van der Waals surface area (Å²) in [6, 6.07) is 22.4. The Kier molecular flexibility index (Phi) is 7.53. The Bertz CT molecular complexity index is 1130. The summed E-state index contributed by atoms with van der Waals surface area (Å²) in [5.74, 6) is 0.361. The molecule has 3 aromatic carbocycles. The molecule has 0 aliphatic carbocycles. The number of nitrogens with one attached hydrogen (secondary N) is 1. The molecule has 3 rings (SSSR count). The van der Waals surface area contributed by atoms with Crippen molar-refractivity contribution in [1.29, 1.82) is 0 Å². The van der Waals surface area contributed by atoms with Crippen LogP contribution in [-0.2, 0) is 14.8 Å². The van der Waals surface area contributed by atoms with Crippen molar-refractivity contribution in [2.75, 3.05) is 17.5 Å². The Morgan fingerprint density at radius 3 is 2.19 bits per heavy atom. The molecule has 7 heteroatoms. The highest BCUT2D eigenvalue weighted by Gasteiger charge is 2.27. The SMILES string of the molecule is CCOc1ccc([C@H](C)NC(=O)CN(c2ccccc2)S(=O)(=O)c2ccc(C)cc2)cc1. The summed E-state index contributed by atoms with van der Waals surface area (Å²) in [5, 5.41) is 2.89. The van der Waals surface area contributed by atoms with E-state index in [1.54, 1.807) is 54.6 Å². The van der Waals surface area contributed by atoms with Crippen LogP contribution in [0.5, 0.6) is 5.75 Å². The van der Waals surface area contributed by atoms with Crippen LogP contribution in [0.4, 0.5) is 5.69 Å². The van der Waals surface area contributed by atoms with Crippen molar-refractivity contribution in [3.8, 4) is 5.75 Å². The summed E-state index contributed by atoms with van der Waals surface area (Å²) in [6.07, 6.45) is 0. The molecule has 168 valence electrons. The minimum Gasteiger partial charge on any atom is -0.494 e. The summed E-state index contributed by atoms with van der Waals surface area (Å²) in [4.78, 5) is 13.0. The van der Waals surface area contributed by atoms with Crippen molar-refractivity contribution >= 4 is 21.6 Å². The lowest BCUT2D eigenvalue weighted by atomic mass is 10.1. The number of para-hydroxylation sites is 1. The molecule has 0 bridgehead atoms. The Morgan fingerprint density at radius 2 is 1.59 bits per heavy atom. The van der Waals surface area contributed by atoms with E-state index in [0.717, 1.165) is 21.2 Å². The number of benzene rings is 3. The highest BCUT2D eigenvalue weighted by atomic mass is 32.2. The highest BCUT2D eigenvalue weighted by Crippen LogP contribution is 2.24. The van der Waals surface area contributed by atoms with Crippen molar-refractivity contribution in [2.24, 2.45) is 0 Å². The molecule has 0 aromatic heterocycles. The van der Waals surface area contributed by atoms with Gasteiger partial charge in [0.15, 0.2) is 0 Å². The third kappa shape index (κ3) is 5.68. The van der Waals surface area contributed by atoms with E-state index in [9.17, 15) is 13.2 Å². The van der Waals surface area contributed by atoms with Crippen LogP contribution in [0, 0.1) is 6.92 Å². The zero-order chi connectivity index (χ0) is 23.1. The van der Waals surface area contributed by atoms with Gasteiger partial charge in [-0.2, -0.15) is 0 Å². The van der Waals surface area contributed by atoms with Crippen LogP contribution >= 0.6 is 0 Å². The van der Waals surface area contributed by atoms with Gasteiger partial charge >= 0.3 is 0 Å². The molecule has 1 atom stereocenters. The summed E-state index contributed by atoms with van der Waals surface area (Å²) < 4.78 is 33.3. The molecule has 6 nitrogen and oxygen atoms in total. The van der Waals surface area contributed by atoms with Crippen LogP contribution in [0.3, 0.4) is 0 Å². The number of carbonyl (C=O) groups is 1. The summed E-state index contributed by atoms with van der Waals surface area (Å²) >= 11 is 0. The zero-order valence-electron chi connectivity index (χ0n) is 18.5. The first-order valence-corrected chi connectivity index (χ1v) is 11.9. The number of amides is 1. The molecular formula is C25H28N2O4S. The van der Waals surface area contributed by atoms with E-state index >= 15 is 0 Å². The predicted molar refractivity (Wildman–Crippen MR) is 126 cm³/mol. The molecule has 3 aromatic rings. The molecule has 0 unspecified atom stereocenters. The van der Waals surface area contributed by atoms with Gasteiger partial charge in [0.05, 0.1) is 23.2 Å². The Hall–Kier alpha value is -3.32. The van der Waals surface area contributed by atoms with Crippen LogP contribution in [0.2, 0.25) is 0 Å². The third-order valence-electron chi connectivity index (χ3n) is 5.01. The van der Waals surface area contributed by atoms with E-state index < -0.39 is 15.9 Å².